The average Bonchev–Trinajstić information content (AvgIpc) is 2.28. The summed E-state index contributed by atoms with van der Waals surface area (Å²) in [5, 5.41) is 2.47. The normalized spacial score (nSPS) is 10.2. The molecule has 0 saturated carbocycles. The topological polar surface area (TPSA) is 68.0 Å². The second kappa shape index (κ2) is 6.12. The first kappa shape index (κ1) is 12.5. The van der Waals surface area contributed by atoms with Crippen LogP contribution in [-0.4, -0.2) is 24.0 Å². The molecule has 0 atom stereocenters. The maximum Gasteiger partial charge on any atom is 0.254 e. The molecular formula is C10H13F2N3O. The lowest BCUT2D eigenvalue weighted by molar-refractivity contribution is 0.0947. The number of nitrogens with zero attached hydrogens (tertiary/aromatic N) is 1. The van der Waals surface area contributed by atoms with Crippen LogP contribution in [0.1, 0.15) is 23.2 Å². The van der Waals surface area contributed by atoms with Crippen LogP contribution in [0.15, 0.2) is 12.3 Å². The van der Waals surface area contributed by atoms with E-state index in [4.69, 9.17) is 5.73 Å². The first-order chi connectivity index (χ1) is 7.66. The third kappa shape index (κ3) is 3.23. The quantitative estimate of drug-likeness (QED) is 0.580. The highest BCUT2D eigenvalue weighted by Crippen LogP contribution is 2.08. The zero-order valence-corrected chi connectivity index (χ0v) is 8.67. The molecule has 0 radical (unpaired) electrons. The van der Waals surface area contributed by atoms with Gasteiger partial charge in [0, 0.05) is 12.7 Å². The minimum Gasteiger partial charge on any atom is -0.352 e. The molecule has 0 unspecified atom stereocenters. The Kier molecular flexibility index (Phi) is 4.78. The molecule has 0 aliphatic carbocycles. The van der Waals surface area contributed by atoms with E-state index in [1.165, 1.54) is 0 Å². The van der Waals surface area contributed by atoms with Crippen LogP contribution in [0.3, 0.4) is 0 Å². The van der Waals surface area contributed by atoms with E-state index in [0.29, 0.717) is 19.5 Å². The Morgan fingerprint density at radius 3 is 2.88 bits per heavy atom. The second-order valence-corrected chi connectivity index (χ2v) is 3.21. The van der Waals surface area contributed by atoms with Crippen LogP contribution in [0.5, 0.6) is 0 Å². The fourth-order valence-corrected chi connectivity index (χ4v) is 1.16. The number of pyridine rings is 1. The third-order valence-electron chi connectivity index (χ3n) is 2.01. The lowest BCUT2D eigenvalue weighted by Crippen LogP contribution is -2.26. The Labute approximate surface area is 91.9 Å². The van der Waals surface area contributed by atoms with Crippen molar-refractivity contribution in [2.75, 3.05) is 13.1 Å². The molecule has 3 N–H and O–H groups in total. The van der Waals surface area contributed by atoms with Gasteiger partial charge in [0.15, 0.2) is 5.82 Å². The van der Waals surface area contributed by atoms with Gasteiger partial charge in [0.25, 0.3) is 5.91 Å². The van der Waals surface area contributed by atoms with E-state index < -0.39 is 17.7 Å². The van der Waals surface area contributed by atoms with Gasteiger partial charge in [-0.2, -0.15) is 4.39 Å². The van der Waals surface area contributed by atoms with E-state index in [1.807, 2.05) is 0 Å². The Hall–Kier alpha value is -1.56. The molecule has 1 amide bonds. The highest BCUT2D eigenvalue weighted by molar-refractivity contribution is 5.94. The van der Waals surface area contributed by atoms with Crippen molar-refractivity contribution in [3.05, 3.63) is 29.6 Å². The summed E-state index contributed by atoms with van der Waals surface area (Å²) in [6.07, 6.45) is 2.53. The number of aromatic nitrogens is 1. The summed E-state index contributed by atoms with van der Waals surface area (Å²) in [7, 11) is 0. The number of carbonyl (C=O) groups excluding carboxylic acids is 1. The molecule has 16 heavy (non-hydrogen) atoms. The largest absolute Gasteiger partial charge is 0.352 e. The van der Waals surface area contributed by atoms with Crippen molar-refractivity contribution in [3.63, 3.8) is 0 Å². The van der Waals surface area contributed by atoms with Crippen LogP contribution in [0, 0.1) is 11.8 Å². The number of rotatable bonds is 5. The van der Waals surface area contributed by atoms with Gasteiger partial charge in [-0.1, -0.05) is 0 Å². The van der Waals surface area contributed by atoms with Gasteiger partial charge < -0.3 is 11.1 Å². The smallest absolute Gasteiger partial charge is 0.254 e. The van der Waals surface area contributed by atoms with Gasteiger partial charge in [-0.3, -0.25) is 4.79 Å². The van der Waals surface area contributed by atoms with Gasteiger partial charge in [0.2, 0.25) is 5.95 Å². The Bertz CT molecular complexity index is 371. The van der Waals surface area contributed by atoms with Gasteiger partial charge in [0.1, 0.15) is 0 Å². The van der Waals surface area contributed by atoms with Crippen molar-refractivity contribution in [1.29, 1.82) is 0 Å². The fraction of sp³-hybridized carbons (Fsp3) is 0.400. The van der Waals surface area contributed by atoms with Gasteiger partial charge in [-0.15, -0.1) is 0 Å². The van der Waals surface area contributed by atoms with Gasteiger partial charge in [0.05, 0.1) is 5.56 Å². The molecular weight excluding hydrogens is 216 g/mol. The molecule has 0 spiro atoms. The predicted octanol–water partition coefficient (Wildman–Crippen LogP) is 0.829. The maximum absolute atomic E-state index is 13.1. The summed E-state index contributed by atoms with van der Waals surface area (Å²) in [5.74, 6) is -3.13. The molecule has 1 heterocycles. The molecule has 0 aromatic carbocycles. The van der Waals surface area contributed by atoms with E-state index in [0.717, 1.165) is 18.7 Å². The first-order valence-electron chi connectivity index (χ1n) is 4.95. The number of carbonyl (C=O) groups is 1. The van der Waals surface area contributed by atoms with Crippen LogP contribution in [-0.2, 0) is 0 Å². The van der Waals surface area contributed by atoms with E-state index in [2.05, 4.69) is 10.3 Å². The molecule has 1 rings (SSSR count). The number of hydrogen-bond donors (Lipinski definition) is 2. The average molecular weight is 229 g/mol. The van der Waals surface area contributed by atoms with Crippen LogP contribution in [0.2, 0.25) is 0 Å². The van der Waals surface area contributed by atoms with Crippen LogP contribution < -0.4 is 11.1 Å². The zero-order chi connectivity index (χ0) is 12.0. The molecule has 0 aliphatic heterocycles. The monoisotopic (exact) mass is 229 g/mol. The first-order valence-corrected chi connectivity index (χ1v) is 4.95. The van der Waals surface area contributed by atoms with Gasteiger partial charge in [-0.05, 0) is 25.5 Å². The minimum atomic E-state index is -1.27. The molecule has 88 valence electrons. The standard InChI is InChI=1S/C10H13F2N3O/c11-8-7(3-6-14-9(8)12)10(16)15-5-2-1-4-13/h3,6H,1-2,4-5,13H2,(H,15,16). The summed E-state index contributed by atoms with van der Waals surface area (Å²) in [4.78, 5) is 14.5. The lowest BCUT2D eigenvalue weighted by atomic mass is 10.2. The minimum absolute atomic E-state index is 0.333. The highest BCUT2D eigenvalue weighted by atomic mass is 19.2. The Morgan fingerprint density at radius 1 is 1.44 bits per heavy atom. The molecule has 6 heteroatoms. The number of nitrogens with two attached hydrogens (primary N) is 1. The van der Waals surface area contributed by atoms with Crippen LogP contribution in [0.25, 0.3) is 0 Å². The van der Waals surface area contributed by atoms with E-state index in [-0.39, 0.29) is 5.56 Å². The molecule has 1 aromatic heterocycles. The molecule has 0 fully saturated rings. The van der Waals surface area contributed by atoms with E-state index >= 15 is 0 Å². The second-order valence-electron chi connectivity index (χ2n) is 3.21. The maximum atomic E-state index is 13.1. The molecule has 0 saturated heterocycles. The number of halogens is 2. The number of unbranched alkanes of at least 4 members (excludes halogenated alkanes) is 1. The zero-order valence-electron chi connectivity index (χ0n) is 8.67. The molecule has 0 aliphatic rings. The summed E-state index contributed by atoms with van der Waals surface area (Å²) in [6.45, 7) is 0.924. The SMILES string of the molecule is NCCCCNC(=O)c1ccnc(F)c1F. The molecule has 4 nitrogen and oxygen atoms in total. The van der Waals surface area contributed by atoms with Gasteiger partial charge >= 0.3 is 0 Å². The summed E-state index contributed by atoms with van der Waals surface area (Å²) >= 11 is 0. The lowest BCUT2D eigenvalue weighted by Gasteiger charge is -2.05. The predicted molar refractivity (Wildman–Crippen MR) is 54.8 cm³/mol. The number of nitrogens with one attached hydrogen (secondary N) is 1. The fourth-order valence-electron chi connectivity index (χ4n) is 1.16. The van der Waals surface area contributed by atoms with Crippen LogP contribution in [0.4, 0.5) is 8.78 Å². The van der Waals surface area contributed by atoms with Crippen molar-refractivity contribution in [2.45, 2.75) is 12.8 Å². The van der Waals surface area contributed by atoms with Crippen molar-refractivity contribution in [2.24, 2.45) is 5.73 Å². The summed E-state index contributed by atoms with van der Waals surface area (Å²) < 4.78 is 25.8. The van der Waals surface area contributed by atoms with Crippen molar-refractivity contribution in [3.8, 4) is 0 Å². The third-order valence-corrected chi connectivity index (χ3v) is 2.01. The van der Waals surface area contributed by atoms with Crippen molar-refractivity contribution < 1.29 is 13.6 Å². The number of amides is 1. The Balaban J connectivity index is 2.56. The van der Waals surface area contributed by atoms with E-state index in [1.54, 1.807) is 0 Å². The van der Waals surface area contributed by atoms with Crippen LogP contribution >= 0.6 is 0 Å². The van der Waals surface area contributed by atoms with Gasteiger partial charge in [-0.25, -0.2) is 9.37 Å². The molecule has 0 bridgehead atoms. The number of hydrogen-bond acceptors (Lipinski definition) is 3. The molecule has 1 aromatic rings. The van der Waals surface area contributed by atoms with Crippen molar-refractivity contribution >= 4 is 5.91 Å². The summed E-state index contributed by atoms with van der Waals surface area (Å²) in [6, 6.07) is 1.14. The van der Waals surface area contributed by atoms with Crippen molar-refractivity contribution in [1.82, 2.24) is 10.3 Å². The van der Waals surface area contributed by atoms with E-state index in [9.17, 15) is 13.6 Å². The summed E-state index contributed by atoms with van der Waals surface area (Å²) in [5.41, 5.74) is 4.94. The highest BCUT2D eigenvalue weighted by Gasteiger charge is 2.15. The Morgan fingerprint density at radius 2 is 2.19 bits per heavy atom.